The van der Waals surface area contributed by atoms with Crippen molar-refractivity contribution in [3.63, 3.8) is 0 Å². The normalized spacial score (nSPS) is 10.9. The largest absolute Gasteiger partial charge is 0.504 e. The second-order valence-electron chi connectivity index (χ2n) is 3.74. The lowest BCUT2D eigenvalue weighted by molar-refractivity contribution is 0.371. The van der Waals surface area contributed by atoms with Crippen LogP contribution in [0.25, 0.3) is 12.2 Å². The highest BCUT2D eigenvalue weighted by Gasteiger charge is 2.05. The summed E-state index contributed by atoms with van der Waals surface area (Å²) in [6.45, 7) is 1.86. The van der Waals surface area contributed by atoms with Crippen LogP contribution in [0.5, 0.6) is 11.5 Å². The van der Waals surface area contributed by atoms with Crippen molar-refractivity contribution in [3.05, 3.63) is 45.6 Å². The maximum atomic E-state index is 9.73. The van der Waals surface area contributed by atoms with Gasteiger partial charge in [0, 0.05) is 4.88 Å². The van der Waals surface area contributed by atoms with E-state index in [0.717, 1.165) is 11.1 Å². The zero-order valence-corrected chi connectivity index (χ0v) is 10.6. The highest BCUT2D eigenvalue weighted by Crippen LogP contribution is 2.31. The molecular formula is C14H14O2S. The molecule has 0 aliphatic heterocycles. The Hall–Kier alpha value is -1.74. The van der Waals surface area contributed by atoms with Gasteiger partial charge in [-0.2, -0.15) is 0 Å². The number of rotatable bonds is 3. The molecule has 0 bridgehead atoms. The summed E-state index contributed by atoms with van der Waals surface area (Å²) in [4.78, 5) is 1.20. The first kappa shape index (κ1) is 11.7. The monoisotopic (exact) mass is 246 g/mol. The topological polar surface area (TPSA) is 29.5 Å². The number of methoxy groups -OCH3 is 1. The van der Waals surface area contributed by atoms with Gasteiger partial charge in [-0.3, -0.25) is 0 Å². The Bertz CT molecular complexity index is 527. The Morgan fingerprint density at radius 3 is 2.76 bits per heavy atom. The van der Waals surface area contributed by atoms with E-state index in [2.05, 4.69) is 12.1 Å². The number of thiophene rings is 1. The fraction of sp³-hybridized carbons (Fsp3) is 0.143. The van der Waals surface area contributed by atoms with Crippen LogP contribution < -0.4 is 4.74 Å². The Labute approximate surface area is 105 Å². The third kappa shape index (κ3) is 2.68. The number of aromatic hydroxyl groups is 1. The third-order valence-electron chi connectivity index (χ3n) is 2.49. The molecule has 3 heteroatoms. The summed E-state index contributed by atoms with van der Waals surface area (Å²) >= 11 is 1.69. The molecule has 0 unspecified atom stereocenters. The van der Waals surface area contributed by atoms with E-state index in [1.54, 1.807) is 18.4 Å². The average Bonchev–Trinajstić information content (AvgIpc) is 2.83. The van der Waals surface area contributed by atoms with Crippen LogP contribution >= 0.6 is 11.3 Å². The molecule has 1 N–H and O–H groups in total. The van der Waals surface area contributed by atoms with Crippen molar-refractivity contribution in [1.29, 1.82) is 0 Å². The summed E-state index contributed by atoms with van der Waals surface area (Å²) in [5, 5.41) is 11.8. The summed E-state index contributed by atoms with van der Waals surface area (Å²) in [6.07, 6.45) is 4.07. The number of hydrogen-bond acceptors (Lipinski definition) is 3. The molecule has 0 saturated carbocycles. The van der Waals surface area contributed by atoms with Gasteiger partial charge in [0.1, 0.15) is 0 Å². The second-order valence-corrected chi connectivity index (χ2v) is 4.72. The molecule has 1 aromatic carbocycles. The molecule has 0 atom stereocenters. The van der Waals surface area contributed by atoms with Crippen molar-refractivity contribution in [2.75, 3.05) is 7.11 Å². The molecule has 2 nitrogen and oxygen atoms in total. The van der Waals surface area contributed by atoms with Crippen LogP contribution in [0.1, 0.15) is 16.0 Å². The SMILES string of the molecule is COc1cc(/C=C/c2cccs2)cc(C)c1O. The predicted octanol–water partition coefficient (Wildman–Crippen LogP) is 3.94. The molecule has 2 rings (SSSR count). The van der Waals surface area contributed by atoms with E-state index >= 15 is 0 Å². The smallest absolute Gasteiger partial charge is 0.161 e. The molecule has 1 heterocycles. The molecule has 17 heavy (non-hydrogen) atoms. The van der Waals surface area contributed by atoms with E-state index in [9.17, 15) is 5.11 Å². The lowest BCUT2D eigenvalue weighted by Crippen LogP contribution is -1.87. The molecule has 0 spiro atoms. The van der Waals surface area contributed by atoms with Crippen LogP contribution in [0, 0.1) is 6.92 Å². The fourth-order valence-electron chi connectivity index (χ4n) is 1.59. The van der Waals surface area contributed by atoms with Gasteiger partial charge in [-0.1, -0.05) is 12.1 Å². The standard InChI is InChI=1S/C14H14O2S/c1-10-8-11(9-13(16-2)14(10)15)5-6-12-4-3-7-17-12/h3-9,15H,1-2H3/b6-5+. The van der Waals surface area contributed by atoms with Crippen LogP contribution in [0.2, 0.25) is 0 Å². The van der Waals surface area contributed by atoms with Crippen LogP contribution in [0.3, 0.4) is 0 Å². The zero-order chi connectivity index (χ0) is 12.3. The summed E-state index contributed by atoms with van der Waals surface area (Å²) in [6, 6.07) is 7.84. The van der Waals surface area contributed by atoms with Gasteiger partial charge < -0.3 is 9.84 Å². The van der Waals surface area contributed by atoms with Gasteiger partial charge in [-0.25, -0.2) is 0 Å². The van der Waals surface area contributed by atoms with Gasteiger partial charge in [-0.05, 0) is 47.7 Å². The fourth-order valence-corrected chi connectivity index (χ4v) is 2.21. The van der Waals surface area contributed by atoms with E-state index in [-0.39, 0.29) is 5.75 Å². The van der Waals surface area contributed by atoms with Crippen molar-refractivity contribution in [3.8, 4) is 11.5 Å². The zero-order valence-electron chi connectivity index (χ0n) is 9.81. The Balaban J connectivity index is 2.30. The number of hydrogen-bond donors (Lipinski definition) is 1. The minimum atomic E-state index is 0.209. The van der Waals surface area contributed by atoms with E-state index in [1.165, 1.54) is 4.88 Å². The Morgan fingerprint density at radius 2 is 2.12 bits per heavy atom. The molecule has 0 aliphatic carbocycles. The van der Waals surface area contributed by atoms with Crippen molar-refractivity contribution in [1.82, 2.24) is 0 Å². The minimum absolute atomic E-state index is 0.209. The average molecular weight is 246 g/mol. The summed E-state index contributed by atoms with van der Waals surface area (Å²) in [7, 11) is 1.56. The minimum Gasteiger partial charge on any atom is -0.504 e. The molecule has 1 aromatic heterocycles. The van der Waals surface area contributed by atoms with E-state index in [4.69, 9.17) is 4.74 Å². The van der Waals surface area contributed by atoms with E-state index < -0.39 is 0 Å². The first-order chi connectivity index (χ1) is 8.20. The lowest BCUT2D eigenvalue weighted by Gasteiger charge is -2.07. The van der Waals surface area contributed by atoms with Gasteiger partial charge in [0.2, 0.25) is 0 Å². The molecule has 0 aliphatic rings. The number of ether oxygens (including phenoxy) is 1. The van der Waals surface area contributed by atoms with Gasteiger partial charge in [-0.15, -0.1) is 11.3 Å². The predicted molar refractivity (Wildman–Crippen MR) is 72.6 cm³/mol. The Kier molecular flexibility index (Phi) is 3.49. The van der Waals surface area contributed by atoms with E-state index in [1.807, 2.05) is 36.6 Å². The molecule has 2 aromatic rings. The summed E-state index contributed by atoms with van der Waals surface area (Å²) in [5.41, 5.74) is 1.83. The van der Waals surface area contributed by atoms with Gasteiger partial charge >= 0.3 is 0 Å². The number of benzene rings is 1. The maximum absolute atomic E-state index is 9.73. The van der Waals surface area contributed by atoms with Gasteiger partial charge in [0.15, 0.2) is 11.5 Å². The summed E-state index contributed by atoms with van der Waals surface area (Å²) in [5.74, 6) is 0.719. The quantitative estimate of drug-likeness (QED) is 0.888. The molecule has 0 saturated heterocycles. The van der Waals surface area contributed by atoms with Crippen molar-refractivity contribution >= 4 is 23.5 Å². The highest BCUT2D eigenvalue weighted by atomic mass is 32.1. The van der Waals surface area contributed by atoms with Gasteiger partial charge in [0.25, 0.3) is 0 Å². The second kappa shape index (κ2) is 5.06. The van der Waals surface area contributed by atoms with Crippen LogP contribution in [0.15, 0.2) is 29.6 Å². The highest BCUT2D eigenvalue weighted by molar-refractivity contribution is 7.10. The first-order valence-electron chi connectivity index (χ1n) is 5.30. The maximum Gasteiger partial charge on any atom is 0.161 e. The molecule has 0 amide bonds. The van der Waals surface area contributed by atoms with Crippen molar-refractivity contribution < 1.29 is 9.84 Å². The Morgan fingerprint density at radius 1 is 1.29 bits per heavy atom. The van der Waals surface area contributed by atoms with Crippen molar-refractivity contribution in [2.24, 2.45) is 0 Å². The van der Waals surface area contributed by atoms with Crippen molar-refractivity contribution in [2.45, 2.75) is 6.92 Å². The lowest BCUT2D eigenvalue weighted by atomic mass is 10.1. The molecule has 0 fully saturated rings. The molecule has 0 radical (unpaired) electrons. The first-order valence-corrected chi connectivity index (χ1v) is 6.18. The number of aryl methyl sites for hydroxylation is 1. The van der Waals surface area contributed by atoms with Crippen LogP contribution in [-0.2, 0) is 0 Å². The third-order valence-corrected chi connectivity index (χ3v) is 3.33. The van der Waals surface area contributed by atoms with Crippen LogP contribution in [0.4, 0.5) is 0 Å². The molecule has 88 valence electrons. The molecular weight excluding hydrogens is 232 g/mol. The van der Waals surface area contributed by atoms with Gasteiger partial charge in [0.05, 0.1) is 7.11 Å². The van der Waals surface area contributed by atoms with Crippen LogP contribution in [-0.4, -0.2) is 12.2 Å². The number of phenolic OH excluding ortho intramolecular Hbond substituents is 1. The summed E-state index contributed by atoms with van der Waals surface area (Å²) < 4.78 is 5.12. The van der Waals surface area contributed by atoms with E-state index in [0.29, 0.717) is 5.75 Å². The number of phenols is 1.